The Balaban J connectivity index is 0.000000212. The molecule has 0 spiro atoms. The van der Waals surface area contributed by atoms with Gasteiger partial charge in [0, 0.05) is 31.3 Å². The first-order valence-electron chi connectivity index (χ1n) is 19.7. The van der Waals surface area contributed by atoms with Gasteiger partial charge in [-0.15, -0.1) is 22.7 Å². The minimum absolute atomic E-state index is 0. The van der Waals surface area contributed by atoms with Crippen molar-refractivity contribution < 1.29 is 48.3 Å². The number of benzene rings is 7. The molecule has 0 atom stereocenters. The maximum atomic E-state index is 13.5. The van der Waals surface area contributed by atoms with E-state index in [4.69, 9.17) is 14.2 Å². The van der Waals surface area contributed by atoms with Gasteiger partial charge in [0.25, 0.3) is 12.9 Å². The molecule has 9 rings (SSSR count). The highest BCUT2D eigenvalue weighted by atomic mass is 32.1. The minimum Gasteiger partial charge on any atom is -0.508 e. The molecule has 9 aromatic rings. The molecule has 0 bridgehead atoms. The Morgan fingerprint density at radius 2 is 1.00 bits per heavy atom. The molecule has 0 unspecified atom stereocenters. The van der Waals surface area contributed by atoms with Gasteiger partial charge in [0.2, 0.25) is 11.6 Å². The van der Waals surface area contributed by atoms with Crippen LogP contribution in [0.3, 0.4) is 0 Å². The zero-order chi connectivity index (χ0) is 44.7. The number of rotatable bonds is 13. The van der Waals surface area contributed by atoms with E-state index < -0.39 is 0 Å². The summed E-state index contributed by atoms with van der Waals surface area (Å²) < 4.78 is 23.4. The SMILES string of the molecule is C.C.Cc1ccccc1C(=O)c1sc2cc(O)ccc2c1Oc1ccc(/C=C/OC=O)cc1.Cc1ccccc1C(=O)c1sc2cc(O)ccc2c1Oc1ccc2cc(OC=O)ccc2c1. The van der Waals surface area contributed by atoms with Crippen molar-refractivity contribution in [1.82, 2.24) is 0 Å². The van der Waals surface area contributed by atoms with Gasteiger partial charge in [-0.05, 0) is 120 Å². The number of phenolic OH excluding ortho intramolecular Hbond substituents is 2. The van der Waals surface area contributed by atoms with Gasteiger partial charge in [0.1, 0.15) is 38.5 Å². The lowest BCUT2D eigenvalue weighted by atomic mass is 10.0. The molecule has 10 nitrogen and oxygen atoms in total. The number of fused-ring (bicyclic) bond motifs is 3. The van der Waals surface area contributed by atoms with Crippen molar-refractivity contribution in [3.8, 4) is 40.2 Å². The Morgan fingerprint density at radius 1 is 0.530 bits per heavy atom. The first-order valence-corrected chi connectivity index (χ1v) is 21.3. The van der Waals surface area contributed by atoms with E-state index in [1.807, 2.05) is 80.6 Å². The van der Waals surface area contributed by atoms with E-state index in [9.17, 15) is 29.4 Å². The second-order valence-corrected chi connectivity index (χ2v) is 16.5. The molecule has 12 heteroatoms. The third-order valence-corrected chi connectivity index (χ3v) is 12.4. The Morgan fingerprint density at radius 3 is 1.50 bits per heavy atom. The molecule has 332 valence electrons. The molecule has 0 aliphatic heterocycles. The molecule has 66 heavy (non-hydrogen) atoms. The zero-order valence-corrected chi connectivity index (χ0v) is 35.8. The van der Waals surface area contributed by atoms with Crippen LogP contribution in [0, 0.1) is 13.8 Å². The Kier molecular flexibility index (Phi) is 15.1. The maximum Gasteiger partial charge on any atom is 0.298 e. The van der Waals surface area contributed by atoms with Gasteiger partial charge in [-0.1, -0.05) is 87.6 Å². The van der Waals surface area contributed by atoms with Crippen LogP contribution in [-0.2, 0) is 14.3 Å². The Hall–Kier alpha value is -8.06. The van der Waals surface area contributed by atoms with Gasteiger partial charge < -0.3 is 29.2 Å². The first kappa shape index (κ1) is 47.4. The third kappa shape index (κ3) is 10.3. The van der Waals surface area contributed by atoms with Crippen molar-refractivity contribution in [2.45, 2.75) is 28.7 Å². The summed E-state index contributed by atoms with van der Waals surface area (Å²) in [7, 11) is 0. The molecule has 0 saturated heterocycles. The van der Waals surface area contributed by atoms with Crippen LogP contribution in [-0.4, -0.2) is 34.7 Å². The Bertz CT molecular complexity index is 3250. The molecule has 0 radical (unpaired) electrons. The lowest BCUT2D eigenvalue weighted by Gasteiger charge is -2.10. The van der Waals surface area contributed by atoms with Gasteiger partial charge in [0.15, 0.2) is 11.5 Å². The largest absolute Gasteiger partial charge is 0.508 e. The standard InChI is InChI=1S/C27H18O5S.C25H18O5S.2CH4/c1-16-4-2-3-5-22(16)25(30)27-26(23-11-8-19(29)14-24(23)33-27)32-21-10-7-17-12-20(31-15-28)9-6-18(17)13-21;1-16-4-2-3-5-20(16)23(28)25-24(21-11-8-18(27)14-22(21)31-25)30-19-9-6-17(7-10-19)12-13-29-15-26;;/h2-15,29H,1H3;2-15,27H,1H3;2*1H4/b;13-12+;;. The van der Waals surface area contributed by atoms with Crippen molar-refractivity contribution in [2.75, 3.05) is 0 Å². The number of carbonyl (C=O) groups is 4. The highest BCUT2D eigenvalue weighted by Gasteiger charge is 2.25. The third-order valence-electron chi connectivity index (χ3n) is 10.1. The summed E-state index contributed by atoms with van der Waals surface area (Å²) in [5, 5.41) is 23.1. The van der Waals surface area contributed by atoms with Crippen LogP contribution >= 0.6 is 22.7 Å². The van der Waals surface area contributed by atoms with Crippen LogP contribution in [0.4, 0.5) is 0 Å². The summed E-state index contributed by atoms with van der Waals surface area (Å²) in [6, 6.07) is 42.8. The van der Waals surface area contributed by atoms with E-state index in [0.29, 0.717) is 62.6 Å². The van der Waals surface area contributed by atoms with Crippen molar-refractivity contribution in [3.05, 3.63) is 189 Å². The summed E-state index contributed by atoms with van der Waals surface area (Å²) in [5.74, 6) is 2.51. The van der Waals surface area contributed by atoms with Gasteiger partial charge >= 0.3 is 0 Å². The summed E-state index contributed by atoms with van der Waals surface area (Å²) >= 11 is 2.59. The smallest absolute Gasteiger partial charge is 0.298 e. The topological polar surface area (TPSA) is 146 Å². The monoisotopic (exact) mass is 916 g/mol. The van der Waals surface area contributed by atoms with Gasteiger partial charge in [-0.25, -0.2) is 0 Å². The number of carbonyl (C=O) groups excluding carboxylic acids is 4. The van der Waals surface area contributed by atoms with Crippen LogP contribution in [0.5, 0.6) is 40.2 Å². The molecule has 7 aromatic carbocycles. The summed E-state index contributed by atoms with van der Waals surface area (Å²) in [4.78, 5) is 48.6. The fourth-order valence-corrected chi connectivity index (χ4v) is 9.19. The molecule has 0 amide bonds. The number of hydrogen-bond donors (Lipinski definition) is 2. The van der Waals surface area contributed by atoms with Gasteiger partial charge in [0.05, 0.1) is 6.26 Å². The second-order valence-electron chi connectivity index (χ2n) is 14.4. The molecular formula is C54H44O10S2. The average molecular weight is 917 g/mol. The molecular weight excluding hydrogens is 873 g/mol. The van der Waals surface area contributed by atoms with Gasteiger partial charge in [-0.3, -0.25) is 19.2 Å². The number of aryl methyl sites for hydroxylation is 2. The van der Waals surface area contributed by atoms with Crippen molar-refractivity contribution in [1.29, 1.82) is 0 Å². The van der Waals surface area contributed by atoms with Crippen LogP contribution in [0.2, 0.25) is 0 Å². The molecule has 0 saturated carbocycles. The average Bonchev–Trinajstić information content (AvgIpc) is 3.84. The fraction of sp³-hybridized carbons (Fsp3) is 0.0741. The predicted molar refractivity (Wildman–Crippen MR) is 263 cm³/mol. The molecule has 2 N–H and O–H groups in total. The summed E-state index contributed by atoms with van der Waals surface area (Å²) in [6.07, 6.45) is 2.94. The number of aromatic hydroxyl groups is 2. The fourth-order valence-electron chi connectivity index (χ4n) is 6.95. The lowest BCUT2D eigenvalue weighted by Crippen LogP contribution is -2.03. The van der Waals surface area contributed by atoms with Crippen LogP contribution < -0.4 is 14.2 Å². The Labute approximate surface area is 389 Å². The number of hydrogen-bond acceptors (Lipinski definition) is 12. The molecule has 0 aliphatic rings. The maximum absolute atomic E-state index is 13.5. The molecule has 2 heterocycles. The number of ketones is 2. The van der Waals surface area contributed by atoms with E-state index in [1.165, 1.54) is 28.9 Å². The summed E-state index contributed by atoms with van der Waals surface area (Å²) in [6.45, 7) is 4.54. The van der Waals surface area contributed by atoms with Crippen molar-refractivity contribution >= 4 is 84.2 Å². The highest BCUT2D eigenvalue weighted by molar-refractivity contribution is 7.22. The van der Waals surface area contributed by atoms with Gasteiger partial charge in [-0.2, -0.15) is 0 Å². The highest BCUT2D eigenvalue weighted by Crippen LogP contribution is 2.45. The number of ether oxygens (including phenoxy) is 4. The van der Waals surface area contributed by atoms with Crippen molar-refractivity contribution in [3.63, 3.8) is 0 Å². The zero-order valence-electron chi connectivity index (χ0n) is 34.1. The predicted octanol–water partition coefficient (Wildman–Crippen LogP) is 14.0. The minimum atomic E-state index is -0.126. The second kappa shape index (κ2) is 21.1. The molecule has 0 aliphatic carbocycles. The first-order chi connectivity index (χ1) is 31.1. The molecule has 2 aromatic heterocycles. The number of phenols is 2. The van der Waals surface area contributed by atoms with Crippen LogP contribution in [0.1, 0.15) is 62.0 Å². The van der Waals surface area contributed by atoms with Crippen molar-refractivity contribution in [2.24, 2.45) is 0 Å². The summed E-state index contributed by atoms with van der Waals surface area (Å²) in [5.41, 5.74) is 3.81. The van der Waals surface area contributed by atoms with Crippen LogP contribution in [0.15, 0.2) is 152 Å². The van der Waals surface area contributed by atoms with E-state index in [0.717, 1.165) is 47.6 Å². The normalized spacial score (nSPS) is 10.6. The number of thiophene rings is 2. The van der Waals surface area contributed by atoms with Crippen LogP contribution in [0.25, 0.3) is 37.0 Å². The lowest BCUT2D eigenvalue weighted by molar-refractivity contribution is -0.123. The van der Waals surface area contributed by atoms with E-state index in [2.05, 4.69) is 4.74 Å². The van der Waals surface area contributed by atoms with E-state index in [-0.39, 0.29) is 37.9 Å². The van der Waals surface area contributed by atoms with E-state index in [1.54, 1.807) is 84.9 Å². The quantitative estimate of drug-likeness (QED) is 0.0651. The molecule has 0 fully saturated rings. The van der Waals surface area contributed by atoms with E-state index >= 15 is 0 Å².